The smallest absolute Gasteiger partial charge is 0.221 e. The zero-order valence-electron chi connectivity index (χ0n) is 9.38. The van der Waals surface area contributed by atoms with Crippen molar-refractivity contribution in [3.05, 3.63) is 0 Å². The van der Waals surface area contributed by atoms with Gasteiger partial charge in [-0.2, -0.15) is 0 Å². The first-order valence-electron chi connectivity index (χ1n) is 5.43. The number of amidine groups is 1. The molecular weight excluding hydrogens is 210 g/mol. The van der Waals surface area contributed by atoms with Crippen LogP contribution in [0.4, 0.5) is 0 Å². The van der Waals surface area contributed by atoms with E-state index in [0.29, 0.717) is 13.0 Å². The van der Waals surface area contributed by atoms with Crippen LogP contribution in [0.2, 0.25) is 0 Å². The van der Waals surface area contributed by atoms with Crippen LogP contribution in [0.25, 0.3) is 0 Å². The Hall–Kier alpha value is -0.710. The average Bonchev–Trinajstić information content (AvgIpc) is 2.70. The summed E-state index contributed by atoms with van der Waals surface area (Å²) in [5.41, 5.74) is 0. The zero-order chi connectivity index (χ0) is 11.1. The number of nitrogens with zero attached hydrogens (tertiary/aromatic N) is 1. The van der Waals surface area contributed by atoms with E-state index in [4.69, 9.17) is 0 Å². The van der Waals surface area contributed by atoms with Gasteiger partial charge in [-0.1, -0.05) is 18.7 Å². The highest BCUT2D eigenvalue weighted by atomic mass is 32.2. The molecule has 0 saturated heterocycles. The summed E-state index contributed by atoms with van der Waals surface area (Å²) in [5, 5.41) is 7.06. The summed E-state index contributed by atoms with van der Waals surface area (Å²) < 4.78 is 0. The first-order valence-corrected chi connectivity index (χ1v) is 6.41. The summed E-state index contributed by atoms with van der Waals surface area (Å²) in [6.45, 7) is 5.65. The van der Waals surface area contributed by atoms with Gasteiger partial charge in [0.1, 0.15) is 0 Å². The number of thioether (sulfide) groups is 1. The van der Waals surface area contributed by atoms with Crippen molar-refractivity contribution < 1.29 is 4.79 Å². The highest BCUT2D eigenvalue weighted by Crippen LogP contribution is 2.08. The Bertz CT molecular complexity index is 243. The molecule has 0 aliphatic carbocycles. The predicted octanol–water partition coefficient (Wildman–Crippen LogP) is 0.984. The van der Waals surface area contributed by atoms with E-state index in [1.165, 1.54) is 0 Å². The molecule has 0 bridgehead atoms. The Morgan fingerprint density at radius 3 is 3.07 bits per heavy atom. The molecule has 0 aromatic carbocycles. The molecule has 1 aliphatic heterocycles. The van der Waals surface area contributed by atoms with E-state index in [-0.39, 0.29) is 11.9 Å². The Morgan fingerprint density at radius 2 is 2.47 bits per heavy atom. The minimum atomic E-state index is 0.112. The fourth-order valence-corrected chi connectivity index (χ4v) is 1.94. The van der Waals surface area contributed by atoms with Crippen LogP contribution in [0.5, 0.6) is 0 Å². The molecular formula is C10H19N3OS. The van der Waals surface area contributed by atoms with Crippen molar-refractivity contribution in [1.29, 1.82) is 0 Å². The second-order valence-corrected chi connectivity index (χ2v) is 4.67. The predicted molar refractivity (Wildman–Crippen MR) is 65.3 cm³/mol. The van der Waals surface area contributed by atoms with Crippen LogP contribution in [0.1, 0.15) is 26.7 Å². The first-order chi connectivity index (χ1) is 7.22. The van der Waals surface area contributed by atoms with Crippen LogP contribution in [-0.4, -0.2) is 36.0 Å². The molecule has 4 nitrogen and oxygen atoms in total. The minimum absolute atomic E-state index is 0.112. The lowest BCUT2D eigenvalue weighted by Gasteiger charge is -2.11. The van der Waals surface area contributed by atoms with Crippen LogP contribution < -0.4 is 10.6 Å². The summed E-state index contributed by atoms with van der Waals surface area (Å²) in [4.78, 5) is 15.6. The third-order valence-corrected chi connectivity index (χ3v) is 3.17. The quantitative estimate of drug-likeness (QED) is 0.739. The normalized spacial score (nSPS) is 17.1. The van der Waals surface area contributed by atoms with E-state index in [1.807, 2.05) is 6.92 Å². The summed E-state index contributed by atoms with van der Waals surface area (Å²) in [7, 11) is 0. The molecule has 1 atom stereocenters. The SMILES string of the molecule is CCC(C)NC(=O)CCNC1=NCCS1. The number of aliphatic imine (C=N–C) groups is 1. The van der Waals surface area contributed by atoms with Gasteiger partial charge in [0, 0.05) is 24.8 Å². The summed E-state index contributed by atoms with van der Waals surface area (Å²) in [6, 6.07) is 0.274. The third-order valence-electron chi connectivity index (χ3n) is 2.23. The van der Waals surface area contributed by atoms with Crippen molar-refractivity contribution in [1.82, 2.24) is 10.6 Å². The Morgan fingerprint density at radius 1 is 1.67 bits per heavy atom. The third kappa shape index (κ3) is 5.06. The maximum atomic E-state index is 11.4. The molecule has 1 unspecified atom stereocenters. The zero-order valence-corrected chi connectivity index (χ0v) is 10.2. The molecule has 1 rings (SSSR count). The maximum Gasteiger partial charge on any atom is 0.221 e. The van der Waals surface area contributed by atoms with Crippen LogP contribution in [0.3, 0.4) is 0 Å². The summed E-state index contributed by atoms with van der Waals surface area (Å²) in [6.07, 6.45) is 1.49. The highest BCUT2D eigenvalue weighted by molar-refractivity contribution is 8.14. The van der Waals surface area contributed by atoms with Gasteiger partial charge >= 0.3 is 0 Å². The van der Waals surface area contributed by atoms with E-state index in [9.17, 15) is 4.79 Å². The van der Waals surface area contributed by atoms with Crippen molar-refractivity contribution in [3.8, 4) is 0 Å². The monoisotopic (exact) mass is 229 g/mol. The molecule has 1 amide bonds. The summed E-state index contributed by atoms with van der Waals surface area (Å²) >= 11 is 1.72. The van der Waals surface area contributed by atoms with Gasteiger partial charge in [-0.15, -0.1) is 0 Å². The number of hydrogen-bond acceptors (Lipinski definition) is 4. The highest BCUT2D eigenvalue weighted by Gasteiger charge is 2.08. The minimum Gasteiger partial charge on any atom is -0.364 e. The van der Waals surface area contributed by atoms with Crippen LogP contribution in [-0.2, 0) is 4.79 Å². The summed E-state index contributed by atoms with van der Waals surface area (Å²) in [5.74, 6) is 1.17. The lowest BCUT2D eigenvalue weighted by Crippen LogP contribution is -2.34. The van der Waals surface area contributed by atoms with E-state index in [0.717, 1.165) is 23.9 Å². The van der Waals surface area contributed by atoms with Crippen molar-refractivity contribution in [3.63, 3.8) is 0 Å². The number of amides is 1. The van der Waals surface area contributed by atoms with E-state index in [2.05, 4.69) is 22.5 Å². The number of carbonyl (C=O) groups is 1. The van der Waals surface area contributed by atoms with Crippen LogP contribution in [0, 0.1) is 0 Å². The molecule has 0 aromatic rings. The number of rotatable bonds is 5. The van der Waals surface area contributed by atoms with Crippen molar-refractivity contribution >= 4 is 22.8 Å². The van der Waals surface area contributed by atoms with Crippen LogP contribution >= 0.6 is 11.8 Å². The van der Waals surface area contributed by atoms with Crippen LogP contribution in [0.15, 0.2) is 4.99 Å². The second kappa shape index (κ2) is 6.71. The van der Waals surface area contributed by atoms with E-state index in [1.54, 1.807) is 11.8 Å². The molecule has 0 aromatic heterocycles. The topological polar surface area (TPSA) is 53.5 Å². The molecule has 2 N–H and O–H groups in total. The van der Waals surface area contributed by atoms with Crippen molar-refractivity contribution in [2.75, 3.05) is 18.8 Å². The number of carbonyl (C=O) groups excluding carboxylic acids is 1. The number of hydrogen-bond donors (Lipinski definition) is 2. The van der Waals surface area contributed by atoms with Crippen molar-refractivity contribution in [2.24, 2.45) is 4.99 Å². The fourth-order valence-electron chi connectivity index (χ4n) is 1.17. The molecule has 1 heterocycles. The van der Waals surface area contributed by atoms with Gasteiger partial charge in [0.25, 0.3) is 0 Å². The van der Waals surface area contributed by atoms with Gasteiger partial charge in [0.05, 0.1) is 6.54 Å². The second-order valence-electron chi connectivity index (χ2n) is 3.59. The van der Waals surface area contributed by atoms with E-state index < -0.39 is 0 Å². The van der Waals surface area contributed by atoms with Gasteiger partial charge in [-0.3, -0.25) is 9.79 Å². The molecule has 15 heavy (non-hydrogen) atoms. The van der Waals surface area contributed by atoms with Gasteiger partial charge in [0.2, 0.25) is 5.91 Å². The molecule has 86 valence electrons. The lowest BCUT2D eigenvalue weighted by atomic mass is 10.2. The van der Waals surface area contributed by atoms with E-state index >= 15 is 0 Å². The molecule has 0 saturated carbocycles. The lowest BCUT2D eigenvalue weighted by molar-refractivity contribution is -0.121. The fraction of sp³-hybridized carbons (Fsp3) is 0.800. The molecule has 0 fully saturated rings. The standard InChI is InChI=1S/C10H19N3OS/c1-3-8(2)13-9(14)4-5-11-10-12-6-7-15-10/h8H,3-7H2,1-2H3,(H,11,12)(H,13,14). The average molecular weight is 229 g/mol. The molecule has 1 aliphatic rings. The Labute approximate surface area is 95.3 Å². The Kier molecular flexibility index (Phi) is 5.53. The molecule has 5 heteroatoms. The number of nitrogens with one attached hydrogen (secondary N) is 2. The largest absolute Gasteiger partial charge is 0.364 e. The molecule has 0 spiro atoms. The van der Waals surface area contributed by atoms with Gasteiger partial charge in [0.15, 0.2) is 5.17 Å². The van der Waals surface area contributed by atoms with Gasteiger partial charge < -0.3 is 10.6 Å². The van der Waals surface area contributed by atoms with Gasteiger partial charge in [-0.05, 0) is 13.3 Å². The maximum absolute atomic E-state index is 11.4. The molecule has 0 radical (unpaired) electrons. The van der Waals surface area contributed by atoms with Gasteiger partial charge in [-0.25, -0.2) is 0 Å². The Balaban J connectivity index is 2.06. The van der Waals surface area contributed by atoms with Crippen molar-refractivity contribution in [2.45, 2.75) is 32.7 Å². The first kappa shape index (κ1) is 12.4.